The lowest BCUT2D eigenvalue weighted by molar-refractivity contribution is -0.138. The third kappa shape index (κ3) is 4.70. The molecule has 0 aliphatic carbocycles. The van der Waals surface area contributed by atoms with E-state index in [-0.39, 0.29) is 27.7 Å². The predicted molar refractivity (Wildman–Crippen MR) is 118 cm³/mol. The second kappa shape index (κ2) is 8.73. The standard InChI is InChI=1S/C23H15F6N3O3S/c1-2-36(34,35)19-10-14(13-3-5-16(6-4-13)22(24,25)26)11-30-20(19)32-21(33)18-8-7-17(23(27,28)29)9-15(18)12-31-32/h3-12H,2H2,1H3. The Bertz CT molecular complexity index is 1630. The van der Waals surface area contributed by atoms with Crippen molar-refractivity contribution in [3.8, 4) is 16.9 Å². The predicted octanol–water partition coefficient (Wildman–Crippen LogP) is 5.28. The fourth-order valence-electron chi connectivity index (χ4n) is 3.47. The van der Waals surface area contributed by atoms with Crippen LogP contribution < -0.4 is 5.56 Å². The minimum Gasteiger partial charge on any atom is -0.267 e. The molecule has 0 spiro atoms. The van der Waals surface area contributed by atoms with Crippen LogP contribution >= 0.6 is 0 Å². The van der Waals surface area contributed by atoms with Gasteiger partial charge in [-0.05, 0) is 42.0 Å². The van der Waals surface area contributed by atoms with Crippen LogP contribution in [-0.2, 0) is 22.2 Å². The monoisotopic (exact) mass is 527 g/mol. The molecule has 188 valence electrons. The van der Waals surface area contributed by atoms with Crippen molar-refractivity contribution in [1.29, 1.82) is 0 Å². The summed E-state index contributed by atoms with van der Waals surface area (Å²) in [5, 5.41) is 3.58. The van der Waals surface area contributed by atoms with Gasteiger partial charge in [0.1, 0.15) is 4.90 Å². The average Bonchev–Trinajstić information content (AvgIpc) is 2.83. The molecule has 0 amide bonds. The van der Waals surface area contributed by atoms with Gasteiger partial charge in [0.05, 0.1) is 28.5 Å². The minimum absolute atomic E-state index is 0.104. The van der Waals surface area contributed by atoms with E-state index >= 15 is 0 Å². The molecule has 0 saturated carbocycles. The molecular weight excluding hydrogens is 512 g/mol. The summed E-state index contributed by atoms with van der Waals surface area (Å²) >= 11 is 0. The van der Waals surface area contributed by atoms with E-state index in [4.69, 9.17) is 0 Å². The third-order valence-corrected chi connectivity index (χ3v) is 7.14. The highest BCUT2D eigenvalue weighted by Gasteiger charge is 2.31. The number of fused-ring (bicyclic) bond motifs is 1. The van der Waals surface area contributed by atoms with E-state index in [1.807, 2.05) is 0 Å². The van der Waals surface area contributed by atoms with E-state index in [1.165, 1.54) is 6.92 Å². The van der Waals surface area contributed by atoms with Crippen LogP contribution in [0, 0.1) is 0 Å². The van der Waals surface area contributed by atoms with Crippen molar-refractivity contribution in [2.45, 2.75) is 24.2 Å². The quantitative estimate of drug-likeness (QED) is 0.338. The number of hydrogen-bond donors (Lipinski definition) is 0. The lowest BCUT2D eigenvalue weighted by Crippen LogP contribution is -2.24. The smallest absolute Gasteiger partial charge is 0.267 e. The molecule has 0 radical (unpaired) electrons. The van der Waals surface area contributed by atoms with Crippen molar-refractivity contribution >= 4 is 20.6 Å². The lowest BCUT2D eigenvalue weighted by atomic mass is 10.1. The first-order chi connectivity index (χ1) is 16.7. The van der Waals surface area contributed by atoms with E-state index in [0.717, 1.165) is 60.9 Å². The van der Waals surface area contributed by atoms with Crippen molar-refractivity contribution in [2.75, 3.05) is 5.75 Å². The first kappa shape index (κ1) is 25.4. The lowest BCUT2D eigenvalue weighted by Gasteiger charge is -2.13. The van der Waals surface area contributed by atoms with Crippen molar-refractivity contribution in [1.82, 2.24) is 14.8 Å². The van der Waals surface area contributed by atoms with E-state index < -0.39 is 49.5 Å². The maximum Gasteiger partial charge on any atom is 0.416 e. The molecule has 0 fully saturated rings. The van der Waals surface area contributed by atoms with Crippen molar-refractivity contribution in [2.24, 2.45) is 0 Å². The van der Waals surface area contributed by atoms with Gasteiger partial charge in [-0.1, -0.05) is 19.1 Å². The van der Waals surface area contributed by atoms with Crippen LogP contribution in [0.1, 0.15) is 18.1 Å². The maximum absolute atomic E-state index is 13.0. The van der Waals surface area contributed by atoms with Gasteiger partial charge in [-0.3, -0.25) is 4.79 Å². The number of rotatable bonds is 4. The Balaban J connectivity index is 1.88. The highest BCUT2D eigenvalue weighted by molar-refractivity contribution is 7.91. The van der Waals surface area contributed by atoms with Crippen LogP contribution in [0.4, 0.5) is 26.3 Å². The summed E-state index contributed by atoms with van der Waals surface area (Å²) in [6, 6.07) is 7.57. The molecule has 0 atom stereocenters. The maximum atomic E-state index is 13.0. The molecule has 13 heteroatoms. The van der Waals surface area contributed by atoms with Gasteiger partial charge in [0.15, 0.2) is 15.7 Å². The summed E-state index contributed by atoms with van der Waals surface area (Å²) in [4.78, 5) is 16.7. The van der Waals surface area contributed by atoms with Crippen LogP contribution in [-0.4, -0.2) is 28.9 Å². The molecule has 0 aliphatic rings. The van der Waals surface area contributed by atoms with E-state index in [9.17, 15) is 39.6 Å². The summed E-state index contributed by atoms with van der Waals surface area (Å²) in [6.45, 7) is 1.35. The Morgan fingerprint density at radius 3 is 2.03 bits per heavy atom. The molecule has 4 rings (SSSR count). The normalized spacial score (nSPS) is 12.8. The second-order valence-corrected chi connectivity index (χ2v) is 9.93. The topological polar surface area (TPSA) is 81.9 Å². The van der Waals surface area contributed by atoms with E-state index in [1.54, 1.807) is 0 Å². The zero-order valence-corrected chi connectivity index (χ0v) is 19.0. The molecule has 0 unspecified atom stereocenters. The fraction of sp³-hybridized carbons (Fsp3) is 0.174. The van der Waals surface area contributed by atoms with Gasteiger partial charge < -0.3 is 0 Å². The van der Waals surface area contributed by atoms with Crippen LogP contribution in [0.15, 0.2) is 70.6 Å². The number of aromatic nitrogens is 3. The Morgan fingerprint density at radius 2 is 1.44 bits per heavy atom. The number of nitrogens with zero attached hydrogens (tertiary/aromatic N) is 3. The molecular formula is C23H15F6N3O3S. The first-order valence-corrected chi connectivity index (χ1v) is 11.9. The van der Waals surface area contributed by atoms with Gasteiger partial charge in [0, 0.05) is 17.1 Å². The van der Waals surface area contributed by atoms with E-state index in [2.05, 4.69) is 10.1 Å². The molecule has 0 aliphatic heterocycles. The van der Waals surface area contributed by atoms with Crippen molar-refractivity contribution in [3.05, 3.63) is 82.4 Å². The van der Waals surface area contributed by atoms with Crippen LogP contribution in [0.2, 0.25) is 0 Å². The molecule has 2 aromatic carbocycles. The molecule has 0 N–H and O–H groups in total. The average molecular weight is 527 g/mol. The number of pyridine rings is 1. The van der Waals surface area contributed by atoms with Gasteiger partial charge in [0.2, 0.25) is 0 Å². The van der Waals surface area contributed by atoms with Gasteiger partial charge in [0.25, 0.3) is 5.56 Å². The SMILES string of the molecule is CCS(=O)(=O)c1cc(-c2ccc(C(F)(F)F)cc2)cnc1-n1ncc2cc(C(F)(F)F)ccc2c1=O. The Kier molecular flexibility index (Phi) is 6.15. The summed E-state index contributed by atoms with van der Waals surface area (Å²) in [5.41, 5.74) is -2.36. The largest absolute Gasteiger partial charge is 0.416 e. The Labute approximate surface area is 199 Å². The van der Waals surface area contributed by atoms with Gasteiger partial charge >= 0.3 is 12.4 Å². The van der Waals surface area contributed by atoms with Crippen molar-refractivity contribution < 1.29 is 34.8 Å². The number of benzene rings is 2. The molecule has 0 saturated heterocycles. The van der Waals surface area contributed by atoms with Crippen LogP contribution in [0.5, 0.6) is 0 Å². The molecule has 2 aromatic heterocycles. The molecule has 2 heterocycles. The number of alkyl halides is 6. The molecule has 36 heavy (non-hydrogen) atoms. The Hall–Kier alpha value is -3.74. The Morgan fingerprint density at radius 1 is 0.833 bits per heavy atom. The number of hydrogen-bond acceptors (Lipinski definition) is 5. The van der Waals surface area contributed by atoms with Gasteiger partial charge in [-0.25, -0.2) is 13.4 Å². The molecule has 4 aromatic rings. The van der Waals surface area contributed by atoms with E-state index in [0.29, 0.717) is 4.68 Å². The molecule has 0 bridgehead atoms. The molecule has 6 nitrogen and oxygen atoms in total. The highest BCUT2D eigenvalue weighted by Crippen LogP contribution is 2.33. The minimum atomic E-state index is -4.64. The van der Waals surface area contributed by atoms with Gasteiger partial charge in [-0.2, -0.15) is 36.1 Å². The summed E-state index contributed by atoms with van der Waals surface area (Å²) in [7, 11) is -4.03. The summed E-state index contributed by atoms with van der Waals surface area (Å²) in [5.74, 6) is -0.783. The fourth-order valence-corrected chi connectivity index (χ4v) is 4.50. The second-order valence-electron chi connectivity index (χ2n) is 7.69. The third-order valence-electron chi connectivity index (χ3n) is 5.41. The van der Waals surface area contributed by atoms with Crippen LogP contribution in [0.3, 0.4) is 0 Å². The van der Waals surface area contributed by atoms with Crippen molar-refractivity contribution in [3.63, 3.8) is 0 Å². The number of sulfone groups is 1. The summed E-state index contributed by atoms with van der Waals surface area (Å²) < 4.78 is 104. The highest BCUT2D eigenvalue weighted by atomic mass is 32.2. The first-order valence-electron chi connectivity index (χ1n) is 10.2. The number of halogens is 6. The zero-order valence-electron chi connectivity index (χ0n) is 18.2. The summed E-state index contributed by atoms with van der Waals surface area (Å²) in [6.07, 6.45) is -7.04. The zero-order chi connectivity index (χ0) is 26.5. The van der Waals surface area contributed by atoms with Gasteiger partial charge in [-0.15, -0.1) is 0 Å². The van der Waals surface area contributed by atoms with Crippen LogP contribution in [0.25, 0.3) is 27.7 Å².